The Kier molecular flexibility index (Phi) is 5.37. The molecule has 6 nitrogen and oxygen atoms in total. The molecule has 0 atom stereocenters. The van der Waals surface area contributed by atoms with Crippen molar-refractivity contribution in [2.45, 2.75) is 20.8 Å². The van der Waals surface area contributed by atoms with Crippen LogP contribution in [0, 0.1) is 13.8 Å². The zero-order chi connectivity index (χ0) is 20.4. The topological polar surface area (TPSA) is 102 Å². The SMILES string of the molecule is C/C(=N\NC(=O)c1ccc(O)c(O)c1)c1csc(-c2ccc(C)c(C)c2)c1O. The molecule has 1 heterocycles. The number of carbonyl (C=O) groups is 1. The average Bonchev–Trinajstić information content (AvgIpc) is 3.05. The van der Waals surface area contributed by atoms with Gasteiger partial charge in [0.05, 0.1) is 16.2 Å². The van der Waals surface area contributed by atoms with Gasteiger partial charge in [-0.2, -0.15) is 5.10 Å². The van der Waals surface area contributed by atoms with Crippen molar-refractivity contribution in [3.05, 3.63) is 64.0 Å². The van der Waals surface area contributed by atoms with Crippen molar-refractivity contribution in [2.24, 2.45) is 5.10 Å². The molecule has 0 unspecified atom stereocenters. The van der Waals surface area contributed by atoms with Crippen LogP contribution in [0.5, 0.6) is 17.2 Å². The van der Waals surface area contributed by atoms with Gasteiger partial charge in [0.25, 0.3) is 5.91 Å². The fourth-order valence-electron chi connectivity index (χ4n) is 2.62. The molecule has 4 N–H and O–H groups in total. The Bertz CT molecular complexity index is 1090. The van der Waals surface area contributed by atoms with Crippen molar-refractivity contribution in [3.8, 4) is 27.7 Å². The second-order valence-electron chi connectivity index (χ2n) is 6.47. The molecule has 0 radical (unpaired) electrons. The van der Waals surface area contributed by atoms with Gasteiger partial charge in [0.2, 0.25) is 0 Å². The second kappa shape index (κ2) is 7.74. The number of phenols is 2. The average molecular weight is 396 g/mol. The zero-order valence-electron chi connectivity index (χ0n) is 15.6. The Labute approximate surface area is 166 Å². The number of hydrazone groups is 1. The molecule has 28 heavy (non-hydrogen) atoms. The minimum absolute atomic E-state index is 0.117. The number of nitrogens with zero attached hydrogens (tertiary/aromatic N) is 1. The van der Waals surface area contributed by atoms with Crippen molar-refractivity contribution in [1.29, 1.82) is 0 Å². The zero-order valence-corrected chi connectivity index (χ0v) is 16.5. The Morgan fingerprint density at radius 2 is 1.75 bits per heavy atom. The molecule has 0 spiro atoms. The van der Waals surface area contributed by atoms with Gasteiger partial charge < -0.3 is 15.3 Å². The summed E-state index contributed by atoms with van der Waals surface area (Å²) in [5.74, 6) is -1.12. The van der Waals surface area contributed by atoms with E-state index in [4.69, 9.17) is 0 Å². The fourth-order valence-corrected chi connectivity index (χ4v) is 3.62. The summed E-state index contributed by atoms with van der Waals surface area (Å²) in [5.41, 5.74) is 6.76. The summed E-state index contributed by atoms with van der Waals surface area (Å²) >= 11 is 1.40. The smallest absolute Gasteiger partial charge is 0.271 e. The molecule has 0 saturated heterocycles. The molecule has 0 aliphatic heterocycles. The van der Waals surface area contributed by atoms with E-state index in [9.17, 15) is 20.1 Å². The van der Waals surface area contributed by atoms with E-state index in [0.29, 0.717) is 11.3 Å². The molecule has 144 valence electrons. The lowest BCUT2D eigenvalue weighted by atomic mass is 10.0. The summed E-state index contributed by atoms with van der Waals surface area (Å²) in [4.78, 5) is 12.9. The van der Waals surface area contributed by atoms with Crippen LogP contribution < -0.4 is 5.43 Å². The third-order valence-electron chi connectivity index (χ3n) is 4.49. The number of hydrogen-bond acceptors (Lipinski definition) is 6. The number of nitrogens with one attached hydrogen (secondary N) is 1. The minimum Gasteiger partial charge on any atom is -0.506 e. The molecular weight excluding hydrogens is 376 g/mol. The number of thiophene rings is 1. The fraction of sp³-hybridized carbons (Fsp3) is 0.143. The largest absolute Gasteiger partial charge is 0.506 e. The number of rotatable bonds is 4. The first kappa shape index (κ1) is 19.4. The maximum Gasteiger partial charge on any atom is 0.271 e. The molecule has 1 aromatic heterocycles. The van der Waals surface area contributed by atoms with Gasteiger partial charge in [0, 0.05) is 10.9 Å². The maximum atomic E-state index is 12.2. The molecular formula is C21H20N2O4S. The van der Waals surface area contributed by atoms with Crippen molar-refractivity contribution in [3.63, 3.8) is 0 Å². The minimum atomic E-state index is -0.543. The van der Waals surface area contributed by atoms with Crippen LogP contribution in [0.25, 0.3) is 10.4 Å². The lowest BCUT2D eigenvalue weighted by Gasteiger charge is -2.06. The van der Waals surface area contributed by atoms with Crippen LogP contribution in [0.3, 0.4) is 0 Å². The summed E-state index contributed by atoms with van der Waals surface area (Å²) in [5, 5.41) is 35.3. The van der Waals surface area contributed by atoms with Gasteiger partial charge in [0.15, 0.2) is 11.5 Å². The summed E-state index contributed by atoms with van der Waals surface area (Å²) in [6.45, 7) is 5.74. The maximum absolute atomic E-state index is 12.2. The van der Waals surface area contributed by atoms with Gasteiger partial charge in [-0.1, -0.05) is 18.2 Å². The first-order valence-corrected chi connectivity index (χ1v) is 9.41. The standard InChI is InChI=1S/C21H20N2O4S/c1-11-4-5-14(8-12(11)2)20-19(26)16(10-28-20)13(3)22-23-21(27)15-6-7-17(24)18(25)9-15/h4-10,24-26H,1-3H3,(H,23,27)/b22-13+. The van der Waals surface area contributed by atoms with Crippen LogP contribution in [-0.4, -0.2) is 26.9 Å². The summed E-state index contributed by atoms with van der Waals surface area (Å²) in [6, 6.07) is 9.74. The molecule has 2 aromatic carbocycles. The van der Waals surface area contributed by atoms with Crippen LogP contribution in [0.4, 0.5) is 0 Å². The van der Waals surface area contributed by atoms with E-state index in [1.54, 1.807) is 12.3 Å². The third-order valence-corrected chi connectivity index (χ3v) is 5.50. The van der Waals surface area contributed by atoms with E-state index < -0.39 is 5.91 Å². The van der Waals surface area contributed by atoms with Crippen LogP contribution in [-0.2, 0) is 0 Å². The van der Waals surface area contributed by atoms with E-state index in [2.05, 4.69) is 10.5 Å². The number of carbonyl (C=O) groups excluding carboxylic acids is 1. The van der Waals surface area contributed by atoms with E-state index in [1.165, 1.54) is 29.0 Å². The van der Waals surface area contributed by atoms with Crippen molar-refractivity contribution < 1.29 is 20.1 Å². The lowest BCUT2D eigenvalue weighted by molar-refractivity contribution is 0.0954. The highest BCUT2D eigenvalue weighted by Crippen LogP contribution is 2.39. The predicted molar refractivity (Wildman–Crippen MR) is 110 cm³/mol. The van der Waals surface area contributed by atoms with Gasteiger partial charge in [-0.3, -0.25) is 4.79 Å². The summed E-state index contributed by atoms with van der Waals surface area (Å²) in [7, 11) is 0. The quantitative estimate of drug-likeness (QED) is 0.300. The number of benzene rings is 2. The Hall–Kier alpha value is -3.32. The van der Waals surface area contributed by atoms with Gasteiger partial charge in [-0.25, -0.2) is 5.43 Å². The number of phenolic OH excluding ortho intramolecular Hbond substituents is 2. The van der Waals surface area contributed by atoms with Crippen LogP contribution in [0.2, 0.25) is 0 Å². The molecule has 3 aromatic rings. The van der Waals surface area contributed by atoms with Gasteiger partial charge in [-0.05, 0) is 55.7 Å². The van der Waals surface area contributed by atoms with Gasteiger partial charge in [0.1, 0.15) is 5.75 Å². The second-order valence-corrected chi connectivity index (χ2v) is 7.35. The Morgan fingerprint density at radius 3 is 2.43 bits per heavy atom. The predicted octanol–water partition coefficient (Wildman–Crippen LogP) is 4.30. The summed E-state index contributed by atoms with van der Waals surface area (Å²) < 4.78 is 0. The Balaban J connectivity index is 1.81. The van der Waals surface area contributed by atoms with Gasteiger partial charge >= 0.3 is 0 Å². The molecule has 1 amide bonds. The third kappa shape index (κ3) is 3.84. The molecule has 0 fully saturated rings. The molecule has 0 saturated carbocycles. The molecule has 0 aliphatic rings. The van der Waals surface area contributed by atoms with Crippen molar-refractivity contribution >= 4 is 23.0 Å². The van der Waals surface area contributed by atoms with Crippen molar-refractivity contribution in [1.82, 2.24) is 5.43 Å². The highest BCUT2D eigenvalue weighted by atomic mass is 32.1. The lowest BCUT2D eigenvalue weighted by Crippen LogP contribution is -2.19. The first-order chi connectivity index (χ1) is 13.3. The van der Waals surface area contributed by atoms with Crippen LogP contribution >= 0.6 is 11.3 Å². The molecule has 7 heteroatoms. The van der Waals surface area contributed by atoms with E-state index in [-0.39, 0.29) is 22.8 Å². The normalized spacial score (nSPS) is 11.5. The highest BCUT2D eigenvalue weighted by molar-refractivity contribution is 7.14. The number of amides is 1. The monoisotopic (exact) mass is 396 g/mol. The van der Waals surface area contributed by atoms with E-state index in [0.717, 1.165) is 22.1 Å². The number of aryl methyl sites for hydroxylation is 2. The molecule has 0 aliphatic carbocycles. The molecule has 3 rings (SSSR count). The van der Waals surface area contributed by atoms with Crippen molar-refractivity contribution in [2.75, 3.05) is 0 Å². The molecule has 0 bridgehead atoms. The number of hydrogen-bond donors (Lipinski definition) is 4. The first-order valence-electron chi connectivity index (χ1n) is 8.53. The van der Waals surface area contributed by atoms with Gasteiger partial charge in [-0.15, -0.1) is 11.3 Å². The van der Waals surface area contributed by atoms with E-state index >= 15 is 0 Å². The van der Waals surface area contributed by atoms with Crippen LogP contribution in [0.1, 0.15) is 34.0 Å². The van der Waals surface area contributed by atoms with Crippen LogP contribution in [0.15, 0.2) is 46.9 Å². The Morgan fingerprint density at radius 1 is 1.00 bits per heavy atom. The highest BCUT2D eigenvalue weighted by Gasteiger charge is 2.16. The van der Waals surface area contributed by atoms with E-state index in [1.807, 2.05) is 32.0 Å². The number of aromatic hydroxyl groups is 3. The summed E-state index contributed by atoms with van der Waals surface area (Å²) in [6.07, 6.45) is 0.